The molecule has 9 heteroatoms. The smallest absolute Gasteiger partial charge is 0.331 e. The van der Waals surface area contributed by atoms with Crippen LogP contribution in [0.3, 0.4) is 0 Å². The predicted octanol–water partition coefficient (Wildman–Crippen LogP) is 3.07. The number of carbonyl (C=O) groups is 2. The summed E-state index contributed by atoms with van der Waals surface area (Å²) < 4.78 is 30.5. The first-order chi connectivity index (χ1) is 12.3. The van der Waals surface area contributed by atoms with Crippen molar-refractivity contribution in [1.82, 2.24) is 0 Å². The number of hydrogen-bond acceptors (Lipinski definition) is 5. The fourth-order valence-electron chi connectivity index (χ4n) is 1.86. The van der Waals surface area contributed by atoms with Gasteiger partial charge in [0.1, 0.15) is 0 Å². The van der Waals surface area contributed by atoms with Gasteiger partial charge in [0.05, 0.1) is 4.92 Å². The molecule has 0 radical (unpaired) electrons. The highest BCUT2D eigenvalue weighted by Gasteiger charge is 2.09. The van der Waals surface area contributed by atoms with E-state index in [0.717, 1.165) is 24.3 Å². The van der Waals surface area contributed by atoms with Gasteiger partial charge >= 0.3 is 5.97 Å². The Morgan fingerprint density at radius 2 is 1.92 bits per heavy atom. The molecule has 0 fully saturated rings. The number of carbonyl (C=O) groups excluding carboxylic acids is 2. The van der Waals surface area contributed by atoms with E-state index in [4.69, 9.17) is 0 Å². The van der Waals surface area contributed by atoms with Gasteiger partial charge in [0, 0.05) is 30.0 Å². The molecule has 0 unspecified atom stereocenters. The lowest BCUT2D eigenvalue weighted by Crippen LogP contribution is -2.20. The van der Waals surface area contributed by atoms with Crippen LogP contribution < -0.4 is 5.32 Å². The van der Waals surface area contributed by atoms with Crippen LogP contribution in [0.15, 0.2) is 48.5 Å². The van der Waals surface area contributed by atoms with Gasteiger partial charge < -0.3 is 10.1 Å². The van der Waals surface area contributed by atoms with E-state index in [0.29, 0.717) is 5.56 Å². The Morgan fingerprint density at radius 1 is 1.15 bits per heavy atom. The van der Waals surface area contributed by atoms with Crippen molar-refractivity contribution in [3.8, 4) is 0 Å². The molecule has 1 amide bonds. The van der Waals surface area contributed by atoms with Crippen molar-refractivity contribution >= 4 is 29.3 Å². The van der Waals surface area contributed by atoms with Gasteiger partial charge in [0.15, 0.2) is 18.2 Å². The first-order valence-electron chi connectivity index (χ1n) is 7.19. The summed E-state index contributed by atoms with van der Waals surface area (Å²) in [5.74, 6) is -3.77. The van der Waals surface area contributed by atoms with Gasteiger partial charge in [-0.2, -0.15) is 0 Å². The third-order valence-corrected chi connectivity index (χ3v) is 3.04. The Morgan fingerprint density at radius 3 is 2.62 bits per heavy atom. The molecule has 1 N–H and O–H groups in total. The van der Waals surface area contributed by atoms with Crippen molar-refractivity contribution in [1.29, 1.82) is 0 Å². The zero-order valence-corrected chi connectivity index (χ0v) is 13.1. The van der Waals surface area contributed by atoms with E-state index in [2.05, 4.69) is 10.1 Å². The maximum Gasteiger partial charge on any atom is 0.331 e. The van der Waals surface area contributed by atoms with Gasteiger partial charge in [-0.05, 0) is 23.8 Å². The van der Waals surface area contributed by atoms with Crippen LogP contribution >= 0.6 is 0 Å². The second-order valence-corrected chi connectivity index (χ2v) is 4.97. The minimum absolute atomic E-state index is 0.0112. The van der Waals surface area contributed by atoms with E-state index in [-0.39, 0.29) is 11.4 Å². The number of halogens is 2. The largest absolute Gasteiger partial charge is 0.452 e. The lowest BCUT2D eigenvalue weighted by Gasteiger charge is -2.05. The Bertz CT molecular complexity index is 883. The number of ether oxygens (including phenoxy) is 1. The van der Waals surface area contributed by atoms with Crippen LogP contribution in [0, 0.1) is 21.7 Å². The topological polar surface area (TPSA) is 98.5 Å². The predicted molar refractivity (Wildman–Crippen MR) is 88.1 cm³/mol. The van der Waals surface area contributed by atoms with Gasteiger partial charge in [-0.25, -0.2) is 13.6 Å². The Kier molecular flexibility index (Phi) is 6.10. The summed E-state index contributed by atoms with van der Waals surface area (Å²) in [6.45, 7) is -0.642. The molecule has 7 nitrogen and oxygen atoms in total. The number of nitrogens with zero attached hydrogens (tertiary/aromatic N) is 1. The highest BCUT2D eigenvalue weighted by Crippen LogP contribution is 2.14. The Balaban J connectivity index is 1.85. The molecular formula is C17H12F2N2O5. The van der Waals surface area contributed by atoms with Gasteiger partial charge in [-0.1, -0.05) is 12.1 Å². The van der Waals surface area contributed by atoms with Crippen LogP contribution in [-0.2, 0) is 14.3 Å². The van der Waals surface area contributed by atoms with Gasteiger partial charge in [0.25, 0.3) is 11.6 Å². The number of non-ortho nitro benzene ring substituents is 1. The zero-order chi connectivity index (χ0) is 19.1. The monoisotopic (exact) mass is 362 g/mol. The van der Waals surface area contributed by atoms with E-state index in [1.165, 1.54) is 24.3 Å². The van der Waals surface area contributed by atoms with Crippen molar-refractivity contribution in [3.63, 3.8) is 0 Å². The van der Waals surface area contributed by atoms with Crippen molar-refractivity contribution in [2.45, 2.75) is 0 Å². The molecule has 0 heterocycles. The second kappa shape index (κ2) is 8.47. The molecular weight excluding hydrogens is 350 g/mol. The average Bonchev–Trinajstić information content (AvgIpc) is 2.61. The molecule has 0 spiro atoms. The molecule has 0 aliphatic heterocycles. The third kappa shape index (κ3) is 5.48. The number of anilines is 1. The quantitative estimate of drug-likeness (QED) is 0.369. The number of nitrogens with one attached hydrogen (secondary N) is 1. The van der Waals surface area contributed by atoms with E-state index >= 15 is 0 Å². The molecule has 134 valence electrons. The summed E-state index contributed by atoms with van der Waals surface area (Å²) in [7, 11) is 0. The number of hydrogen-bond donors (Lipinski definition) is 1. The van der Waals surface area contributed by atoms with Crippen molar-refractivity contribution < 1.29 is 28.0 Å². The molecule has 26 heavy (non-hydrogen) atoms. The molecule has 2 aromatic carbocycles. The minimum atomic E-state index is -1.13. The van der Waals surface area contributed by atoms with Gasteiger partial charge in [0.2, 0.25) is 0 Å². The van der Waals surface area contributed by atoms with E-state index in [1.807, 2.05) is 0 Å². The second-order valence-electron chi connectivity index (χ2n) is 4.97. The zero-order valence-electron chi connectivity index (χ0n) is 13.1. The molecule has 0 aromatic heterocycles. The van der Waals surface area contributed by atoms with Gasteiger partial charge in [-0.3, -0.25) is 14.9 Å². The maximum absolute atomic E-state index is 13.0. The summed E-state index contributed by atoms with van der Waals surface area (Å²) in [6.07, 6.45) is 2.30. The molecule has 0 aliphatic rings. The first kappa shape index (κ1) is 18.7. The molecule has 0 saturated heterocycles. The number of amides is 1. The van der Waals surface area contributed by atoms with Crippen LogP contribution in [-0.4, -0.2) is 23.4 Å². The minimum Gasteiger partial charge on any atom is -0.452 e. The number of nitro groups is 1. The molecule has 0 saturated carbocycles. The molecule has 0 bridgehead atoms. The third-order valence-electron chi connectivity index (χ3n) is 3.04. The number of benzene rings is 2. The van der Waals surface area contributed by atoms with Crippen LogP contribution in [0.4, 0.5) is 20.2 Å². The van der Waals surface area contributed by atoms with Crippen molar-refractivity contribution in [2.24, 2.45) is 0 Å². The Labute approximate surface area is 146 Å². The van der Waals surface area contributed by atoms with Crippen LogP contribution in [0.25, 0.3) is 6.08 Å². The SMILES string of the molecule is O=C(COC(=O)/C=C/c1cccc([N+](=O)[O-])c1)Nc1ccc(F)c(F)c1. The molecule has 0 aliphatic carbocycles. The summed E-state index contributed by atoms with van der Waals surface area (Å²) in [6, 6.07) is 8.36. The lowest BCUT2D eigenvalue weighted by atomic mass is 10.2. The fraction of sp³-hybridized carbons (Fsp3) is 0.0588. The van der Waals surface area contributed by atoms with E-state index in [9.17, 15) is 28.5 Å². The fourth-order valence-corrected chi connectivity index (χ4v) is 1.86. The summed E-state index contributed by atoms with van der Waals surface area (Å²) in [4.78, 5) is 33.3. The van der Waals surface area contributed by atoms with Crippen LogP contribution in [0.2, 0.25) is 0 Å². The summed E-state index contributed by atoms with van der Waals surface area (Å²) in [5, 5.41) is 12.9. The average molecular weight is 362 g/mol. The number of rotatable bonds is 6. The molecule has 2 rings (SSSR count). The maximum atomic E-state index is 13.0. The molecule has 0 atom stereocenters. The number of nitro benzene ring substituents is 1. The number of esters is 1. The normalized spacial score (nSPS) is 10.5. The van der Waals surface area contributed by atoms with Crippen molar-refractivity contribution in [2.75, 3.05) is 11.9 Å². The van der Waals surface area contributed by atoms with E-state index < -0.39 is 35.0 Å². The first-order valence-corrected chi connectivity index (χ1v) is 7.19. The lowest BCUT2D eigenvalue weighted by molar-refractivity contribution is -0.384. The molecule has 2 aromatic rings. The van der Waals surface area contributed by atoms with Gasteiger partial charge in [-0.15, -0.1) is 0 Å². The standard InChI is InChI=1S/C17H12F2N2O5/c18-14-6-5-12(9-15(14)19)20-16(22)10-26-17(23)7-4-11-2-1-3-13(8-11)21(24)25/h1-9H,10H2,(H,20,22)/b7-4+. The highest BCUT2D eigenvalue weighted by atomic mass is 19.2. The summed E-state index contributed by atoms with van der Waals surface area (Å²) in [5.41, 5.74) is 0.283. The van der Waals surface area contributed by atoms with Crippen molar-refractivity contribution in [3.05, 3.63) is 75.9 Å². The summed E-state index contributed by atoms with van der Waals surface area (Å²) >= 11 is 0. The van der Waals surface area contributed by atoms with Crippen LogP contribution in [0.1, 0.15) is 5.56 Å². The Hall–Kier alpha value is -3.62. The van der Waals surface area contributed by atoms with Crippen LogP contribution in [0.5, 0.6) is 0 Å². The van der Waals surface area contributed by atoms with E-state index in [1.54, 1.807) is 6.07 Å². The highest BCUT2D eigenvalue weighted by molar-refractivity contribution is 5.94.